The van der Waals surface area contributed by atoms with E-state index in [9.17, 15) is 9.90 Å². The Labute approximate surface area is 225 Å². The minimum absolute atomic E-state index is 0.0340. The predicted octanol–water partition coefficient (Wildman–Crippen LogP) is 4.22. The number of aliphatic hydroxyl groups excluding tert-OH is 1. The lowest BCUT2D eigenvalue weighted by molar-refractivity contribution is -0.0294. The van der Waals surface area contributed by atoms with Crippen LogP contribution in [0.25, 0.3) is 0 Å². The zero-order valence-corrected chi connectivity index (χ0v) is 23.1. The van der Waals surface area contributed by atoms with Crippen molar-refractivity contribution in [3.05, 3.63) is 70.4 Å². The highest BCUT2D eigenvalue weighted by atomic mass is 16.3. The molecular formula is C30H40N6O2. The van der Waals surface area contributed by atoms with Gasteiger partial charge in [-0.3, -0.25) is 14.4 Å². The Morgan fingerprint density at radius 3 is 2.63 bits per heavy atom. The summed E-state index contributed by atoms with van der Waals surface area (Å²) in [6.07, 6.45) is 4.04. The second-order valence-electron chi connectivity index (χ2n) is 10.7. The second kappa shape index (κ2) is 11.3. The van der Waals surface area contributed by atoms with E-state index < -0.39 is 6.23 Å². The van der Waals surface area contributed by atoms with Gasteiger partial charge in [-0.05, 0) is 80.6 Å². The van der Waals surface area contributed by atoms with Crippen LogP contribution in [0.5, 0.6) is 0 Å². The smallest absolute Gasteiger partial charge is 0.258 e. The van der Waals surface area contributed by atoms with Gasteiger partial charge in [-0.2, -0.15) is 5.10 Å². The lowest BCUT2D eigenvalue weighted by Gasteiger charge is -2.37. The van der Waals surface area contributed by atoms with Crippen LogP contribution in [0.1, 0.15) is 52.4 Å². The normalized spacial score (nSPS) is 16.9. The molecule has 1 saturated heterocycles. The number of aromatic nitrogens is 2. The Balaban J connectivity index is 1.29. The molecule has 2 N–H and O–H groups in total. The average molecular weight is 517 g/mol. The van der Waals surface area contributed by atoms with Crippen LogP contribution in [-0.4, -0.2) is 69.5 Å². The van der Waals surface area contributed by atoms with Crippen molar-refractivity contribution in [1.82, 2.24) is 19.6 Å². The van der Waals surface area contributed by atoms with Gasteiger partial charge in [0.2, 0.25) is 0 Å². The zero-order valence-electron chi connectivity index (χ0n) is 23.1. The number of rotatable bonds is 7. The van der Waals surface area contributed by atoms with Crippen LogP contribution in [0.15, 0.2) is 42.6 Å². The third-order valence-electron chi connectivity index (χ3n) is 7.91. The summed E-state index contributed by atoms with van der Waals surface area (Å²) in [6, 6.07) is 12.1. The van der Waals surface area contributed by atoms with Crippen LogP contribution in [0.2, 0.25) is 0 Å². The summed E-state index contributed by atoms with van der Waals surface area (Å²) in [7, 11) is 1.91. The molecule has 0 saturated carbocycles. The monoisotopic (exact) mass is 516 g/mol. The first kappa shape index (κ1) is 26.4. The standard InChI is InChI=1S/C30H40N6O2/c1-5-12-34-13-15-35(16-14-34)28(37)11-9-23-7-8-24(18-22(23)3)30(38)36-20-25-19-31-33(4)29(25)32-26-17-21(2)6-10-27(26)36/h6-8,10,17-19,28,32,37H,5,9,11-16,20H2,1-4H3. The molecule has 3 heterocycles. The number of hydrogen-bond donors (Lipinski definition) is 2. The molecule has 0 spiro atoms. The maximum Gasteiger partial charge on any atom is 0.258 e. The minimum atomic E-state index is -0.433. The zero-order chi connectivity index (χ0) is 26.8. The molecule has 0 radical (unpaired) electrons. The van der Waals surface area contributed by atoms with Gasteiger partial charge in [0.15, 0.2) is 0 Å². The molecule has 38 heavy (non-hydrogen) atoms. The summed E-state index contributed by atoms with van der Waals surface area (Å²) in [4.78, 5) is 20.3. The van der Waals surface area contributed by atoms with Crippen molar-refractivity contribution in [2.75, 3.05) is 42.9 Å². The van der Waals surface area contributed by atoms with Crippen LogP contribution in [0.3, 0.4) is 0 Å². The Kier molecular flexibility index (Phi) is 7.83. The van der Waals surface area contributed by atoms with E-state index in [0.717, 1.165) is 73.0 Å². The number of amides is 1. The summed E-state index contributed by atoms with van der Waals surface area (Å²) in [6.45, 7) is 11.8. The molecule has 8 nitrogen and oxygen atoms in total. The highest BCUT2D eigenvalue weighted by Crippen LogP contribution is 2.37. The fraction of sp³-hybridized carbons (Fsp3) is 0.467. The molecule has 1 atom stereocenters. The lowest BCUT2D eigenvalue weighted by Crippen LogP contribution is -2.50. The molecule has 3 aromatic rings. The molecule has 5 rings (SSSR count). The largest absolute Gasteiger partial charge is 0.378 e. The number of aliphatic hydroxyl groups is 1. The lowest BCUT2D eigenvalue weighted by atomic mass is 9.99. The number of hydrogen-bond acceptors (Lipinski definition) is 6. The van der Waals surface area contributed by atoms with Crippen LogP contribution < -0.4 is 10.2 Å². The number of carbonyl (C=O) groups is 1. The number of carbonyl (C=O) groups excluding carboxylic acids is 1. The number of nitrogens with one attached hydrogen (secondary N) is 1. The number of aryl methyl sites for hydroxylation is 4. The summed E-state index contributed by atoms with van der Waals surface area (Å²) in [5.74, 6) is 0.872. The van der Waals surface area contributed by atoms with Crippen molar-refractivity contribution >= 4 is 23.1 Å². The summed E-state index contributed by atoms with van der Waals surface area (Å²) >= 11 is 0. The van der Waals surface area contributed by atoms with Crippen molar-refractivity contribution in [3.63, 3.8) is 0 Å². The van der Waals surface area contributed by atoms with Gasteiger partial charge in [-0.15, -0.1) is 0 Å². The first-order chi connectivity index (χ1) is 18.3. The van der Waals surface area contributed by atoms with Gasteiger partial charge >= 0.3 is 0 Å². The van der Waals surface area contributed by atoms with E-state index in [1.807, 2.05) is 47.1 Å². The highest BCUT2D eigenvalue weighted by Gasteiger charge is 2.27. The van der Waals surface area contributed by atoms with Gasteiger partial charge in [0.1, 0.15) is 12.0 Å². The third-order valence-corrected chi connectivity index (χ3v) is 7.91. The van der Waals surface area contributed by atoms with Crippen molar-refractivity contribution in [1.29, 1.82) is 0 Å². The minimum Gasteiger partial charge on any atom is -0.378 e. The SMILES string of the molecule is CCCN1CCN(C(O)CCc2ccc(C(=O)N3Cc4cnn(C)c4Nc4cc(C)ccc43)cc2C)CC1. The molecule has 1 unspecified atom stereocenters. The van der Waals surface area contributed by atoms with Gasteiger partial charge in [-0.25, -0.2) is 0 Å². The fourth-order valence-electron chi connectivity index (χ4n) is 5.64. The highest BCUT2D eigenvalue weighted by molar-refractivity contribution is 6.08. The number of piperazine rings is 1. The second-order valence-corrected chi connectivity index (χ2v) is 10.7. The Bertz CT molecular complexity index is 1290. The Morgan fingerprint density at radius 2 is 1.89 bits per heavy atom. The van der Waals surface area contributed by atoms with E-state index in [2.05, 4.69) is 53.1 Å². The molecule has 0 bridgehead atoms. The van der Waals surface area contributed by atoms with E-state index >= 15 is 0 Å². The first-order valence-electron chi connectivity index (χ1n) is 13.8. The summed E-state index contributed by atoms with van der Waals surface area (Å²) in [5, 5.41) is 18.7. The molecule has 1 amide bonds. The Hall–Kier alpha value is -3.20. The number of nitrogens with zero attached hydrogens (tertiary/aromatic N) is 5. The molecule has 0 aliphatic carbocycles. The van der Waals surface area contributed by atoms with Crippen LogP contribution >= 0.6 is 0 Å². The van der Waals surface area contributed by atoms with E-state index in [4.69, 9.17) is 0 Å². The van der Waals surface area contributed by atoms with Crippen molar-refractivity contribution < 1.29 is 9.90 Å². The number of fused-ring (bicyclic) bond motifs is 2. The van der Waals surface area contributed by atoms with E-state index in [0.29, 0.717) is 18.5 Å². The molecule has 8 heteroatoms. The summed E-state index contributed by atoms with van der Waals surface area (Å²) < 4.78 is 1.81. The van der Waals surface area contributed by atoms with Crippen molar-refractivity contribution in [3.8, 4) is 0 Å². The predicted molar refractivity (Wildman–Crippen MR) is 152 cm³/mol. The van der Waals surface area contributed by atoms with E-state index in [1.54, 1.807) is 0 Å². The molecule has 2 aromatic carbocycles. The molecule has 1 aromatic heterocycles. The van der Waals surface area contributed by atoms with Gasteiger partial charge in [0.25, 0.3) is 5.91 Å². The van der Waals surface area contributed by atoms with Crippen LogP contribution in [-0.2, 0) is 20.0 Å². The molecule has 2 aliphatic rings. The average Bonchev–Trinajstić information content (AvgIpc) is 3.16. The molecular weight excluding hydrogens is 476 g/mol. The summed E-state index contributed by atoms with van der Waals surface area (Å²) in [5.41, 5.74) is 6.78. The van der Waals surface area contributed by atoms with Gasteiger partial charge < -0.3 is 20.2 Å². The Morgan fingerprint density at radius 1 is 1.11 bits per heavy atom. The van der Waals surface area contributed by atoms with Crippen molar-refractivity contribution in [2.24, 2.45) is 7.05 Å². The van der Waals surface area contributed by atoms with E-state index in [1.165, 1.54) is 12.0 Å². The number of benzene rings is 2. The van der Waals surface area contributed by atoms with Gasteiger partial charge in [0.05, 0.1) is 24.1 Å². The van der Waals surface area contributed by atoms with Crippen molar-refractivity contribution in [2.45, 2.75) is 52.8 Å². The number of anilines is 3. The first-order valence-corrected chi connectivity index (χ1v) is 13.8. The maximum atomic E-state index is 13.8. The van der Waals surface area contributed by atoms with Crippen LogP contribution in [0.4, 0.5) is 17.2 Å². The van der Waals surface area contributed by atoms with Gasteiger partial charge in [-0.1, -0.05) is 19.1 Å². The molecule has 2 aliphatic heterocycles. The third kappa shape index (κ3) is 5.48. The fourth-order valence-corrected chi connectivity index (χ4v) is 5.64. The van der Waals surface area contributed by atoms with E-state index in [-0.39, 0.29) is 5.91 Å². The topological polar surface area (TPSA) is 76.9 Å². The molecule has 202 valence electrons. The molecule has 1 fully saturated rings. The van der Waals surface area contributed by atoms with Crippen LogP contribution in [0, 0.1) is 13.8 Å². The quantitative estimate of drug-likeness (QED) is 0.490. The maximum absolute atomic E-state index is 13.8. The van der Waals surface area contributed by atoms with Gasteiger partial charge in [0, 0.05) is 44.4 Å².